The molecule has 1 aliphatic rings. The van der Waals surface area contributed by atoms with Gasteiger partial charge in [-0.1, -0.05) is 59.7 Å². The Bertz CT molecular complexity index is 1220. The molecule has 4 nitrogen and oxygen atoms in total. The molecule has 0 amide bonds. The summed E-state index contributed by atoms with van der Waals surface area (Å²) in [6.45, 7) is 0. The Morgan fingerprint density at radius 2 is 1.03 bits per heavy atom. The molecule has 156 valence electrons. The molecule has 2 aromatic heterocycles. The first-order valence-electron chi connectivity index (χ1n) is 8.61. The zero-order chi connectivity index (χ0) is 20.8. The molecule has 5 rings (SSSR count). The van der Waals surface area contributed by atoms with Crippen molar-refractivity contribution in [2.75, 3.05) is 0 Å². The van der Waals surface area contributed by atoms with Crippen LogP contribution in [-0.4, -0.2) is 9.97 Å². The van der Waals surface area contributed by atoms with Crippen molar-refractivity contribution in [3.05, 3.63) is 83.9 Å². The fourth-order valence-corrected chi connectivity index (χ4v) is 2.92. The standard InChI is InChI=1S/C22H8F4N2O2.Pt/c23-13-9-16(26)20-7-11(13)17-3-1-5-21(27-17)29-19-8-12(14(24)10-15(19)25)18-4-2-6-22(28-18)30-20;/h1-6,9-10H;/q-2;+2. The molecular formula is C22H8F4N2O2Pt. The summed E-state index contributed by atoms with van der Waals surface area (Å²) in [6.07, 6.45) is 0. The van der Waals surface area contributed by atoms with Gasteiger partial charge in [0.25, 0.3) is 0 Å². The van der Waals surface area contributed by atoms with Crippen LogP contribution in [0.4, 0.5) is 17.6 Å². The van der Waals surface area contributed by atoms with Gasteiger partial charge in [0.2, 0.25) is 11.8 Å². The van der Waals surface area contributed by atoms with E-state index in [0.29, 0.717) is 12.1 Å². The van der Waals surface area contributed by atoms with Gasteiger partial charge in [-0.2, -0.15) is 0 Å². The minimum Gasteiger partial charge on any atom is -0.457 e. The maximum Gasteiger partial charge on any atom is 2.00 e. The summed E-state index contributed by atoms with van der Waals surface area (Å²) in [4.78, 5) is 8.21. The molecule has 0 saturated heterocycles. The summed E-state index contributed by atoms with van der Waals surface area (Å²) in [5.41, 5.74) is -0.295. The normalized spacial score (nSPS) is 11.5. The van der Waals surface area contributed by atoms with Crippen LogP contribution in [-0.2, 0) is 21.1 Å². The smallest absolute Gasteiger partial charge is 0.457 e. The van der Waals surface area contributed by atoms with Crippen LogP contribution in [0.15, 0.2) is 48.5 Å². The Morgan fingerprint density at radius 3 is 1.45 bits per heavy atom. The van der Waals surface area contributed by atoms with Crippen molar-refractivity contribution in [3.63, 3.8) is 0 Å². The van der Waals surface area contributed by atoms with Gasteiger partial charge in [0.05, 0.1) is 23.1 Å². The number of hydrogen-bond acceptors (Lipinski definition) is 4. The molecule has 0 atom stereocenters. The Labute approximate surface area is 187 Å². The van der Waals surface area contributed by atoms with Crippen molar-refractivity contribution < 1.29 is 48.1 Å². The summed E-state index contributed by atoms with van der Waals surface area (Å²) >= 11 is 0. The number of ether oxygens (including phenoxy) is 2. The molecule has 31 heavy (non-hydrogen) atoms. The van der Waals surface area contributed by atoms with Crippen molar-refractivity contribution >= 4 is 0 Å². The van der Waals surface area contributed by atoms with Gasteiger partial charge in [-0.15, -0.1) is 0 Å². The largest absolute Gasteiger partial charge is 2.00 e. The number of benzene rings is 2. The van der Waals surface area contributed by atoms with Gasteiger partial charge in [0, 0.05) is 11.6 Å². The number of nitrogens with zero attached hydrogens (tertiary/aromatic N) is 2. The van der Waals surface area contributed by atoms with Crippen LogP contribution >= 0.6 is 0 Å². The van der Waals surface area contributed by atoms with Crippen molar-refractivity contribution in [2.45, 2.75) is 0 Å². The summed E-state index contributed by atoms with van der Waals surface area (Å²) in [6, 6.07) is 14.9. The molecule has 0 unspecified atom stereocenters. The quantitative estimate of drug-likeness (QED) is 0.164. The van der Waals surface area contributed by atoms with Crippen molar-refractivity contribution in [1.29, 1.82) is 0 Å². The third-order valence-corrected chi connectivity index (χ3v) is 4.27. The van der Waals surface area contributed by atoms with Gasteiger partial charge in [-0.25, -0.2) is 0 Å². The minimum absolute atomic E-state index is 0. The maximum atomic E-state index is 14.4. The molecule has 0 radical (unpaired) electrons. The second-order valence-corrected chi connectivity index (χ2v) is 6.26. The van der Waals surface area contributed by atoms with Crippen molar-refractivity contribution in [3.8, 4) is 45.8 Å². The molecule has 8 bridgehead atoms. The van der Waals surface area contributed by atoms with E-state index in [2.05, 4.69) is 22.1 Å². The predicted molar refractivity (Wildman–Crippen MR) is 97.0 cm³/mol. The first kappa shape index (κ1) is 21.0. The predicted octanol–water partition coefficient (Wildman–Crippen LogP) is 5.86. The van der Waals surface area contributed by atoms with E-state index in [1.54, 1.807) is 0 Å². The van der Waals surface area contributed by atoms with E-state index in [1.165, 1.54) is 36.4 Å². The molecule has 2 aromatic carbocycles. The van der Waals surface area contributed by atoms with Gasteiger partial charge in [-0.3, -0.25) is 27.5 Å². The number of pyridine rings is 2. The van der Waals surface area contributed by atoms with Crippen LogP contribution in [0.5, 0.6) is 23.3 Å². The first-order valence-corrected chi connectivity index (χ1v) is 8.61. The van der Waals surface area contributed by atoms with Crippen molar-refractivity contribution in [2.24, 2.45) is 0 Å². The number of fused-ring (bicyclic) bond motifs is 10. The average molecular weight is 603 g/mol. The Balaban J connectivity index is 0.00000231. The van der Waals surface area contributed by atoms with Gasteiger partial charge >= 0.3 is 21.1 Å². The molecule has 4 aromatic rings. The third-order valence-electron chi connectivity index (χ3n) is 4.27. The zero-order valence-corrected chi connectivity index (χ0v) is 17.4. The first-order chi connectivity index (χ1) is 14.5. The molecular weight excluding hydrogens is 595 g/mol. The number of hydrogen-bond donors (Lipinski definition) is 0. The molecule has 3 heterocycles. The summed E-state index contributed by atoms with van der Waals surface area (Å²) in [7, 11) is 0. The Hall–Kier alpha value is -3.25. The average Bonchev–Trinajstić information content (AvgIpc) is 2.72. The van der Waals surface area contributed by atoms with Crippen LogP contribution in [0.1, 0.15) is 0 Å². The minimum atomic E-state index is -1.01. The van der Waals surface area contributed by atoms with Gasteiger partial charge in [-0.05, 0) is 23.5 Å². The van der Waals surface area contributed by atoms with Crippen LogP contribution in [0, 0.1) is 35.4 Å². The number of aromatic nitrogens is 2. The van der Waals surface area contributed by atoms with Crippen LogP contribution < -0.4 is 9.47 Å². The van der Waals surface area contributed by atoms with Crippen LogP contribution in [0.3, 0.4) is 0 Å². The van der Waals surface area contributed by atoms with Gasteiger partial charge < -0.3 is 9.47 Å². The summed E-state index contributed by atoms with van der Waals surface area (Å²) in [5, 5.41) is 0. The van der Waals surface area contributed by atoms with Gasteiger partial charge in [0.15, 0.2) is 0 Å². The summed E-state index contributed by atoms with van der Waals surface area (Å²) < 4.78 is 68.2. The number of rotatable bonds is 0. The van der Waals surface area contributed by atoms with E-state index in [1.807, 2.05) is 0 Å². The molecule has 0 N–H and O–H groups in total. The molecule has 0 fully saturated rings. The van der Waals surface area contributed by atoms with E-state index in [0.717, 1.165) is 0 Å². The topological polar surface area (TPSA) is 44.2 Å². The fourth-order valence-electron chi connectivity index (χ4n) is 2.92. The number of halogens is 4. The van der Waals surface area contributed by atoms with Crippen LogP contribution in [0.25, 0.3) is 22.5 Å². The SMILES string of the molecule is Fc1cc(F)c2[c-]c1Oc1cccc(n1)-c1[c-]c(c(F)cc1F)Oc1cccc-2n1.[Pt+2]. The van der Waals surface area contributed by atoms with Crippen molar-refractivity contribution in [1.82, 2.24) is 9.97 Å². The zero-order valence-electron chi connectivity index (χ0n) is 15.2. The molecule has 0 saturated carbocycles. The second-order valence-electron chi connectivity index (χ2n) is 6.26. The van der Waals surface area contributed by atoms with Gasteiger partial charge in [0.1, 0.15) is 0 Å². The maximum absolute atomic E-state index is 14.4. The van der Waals surface area contributed by atoms with E-state index >= 15 is 0 Å². The van der Waals surface area contributed by atoms with Crippen LogP contribution in [0.2, 0.25) is 0 Å². The van der Waals surface area contributed by atoms with E-state index in [-0.39, 0.29) is 55.3 Å². The fraction of sp³-hybridized carbons (Fsp3) is 0. The Kier molecular flexibility index (Phi) is 5.50. The summed E-state index contributed by atoms with van der Waals surface area (Å²) in [5.74, 6) is -4.96. The molecule has 9 heteroatoms. The van der Waals surface area contributed by atoms with E-state index < -0.39 is 34.8 Å². The second kappa shape index (κ2) is 8.11. The molecule has 0 aliphatic carbocycles. The Morgan fingerprint density at radius 1 is 0.613 bits per heavy atom. The monoisotopic (exact) mass is 603 g/mol. The molecule has 1 aliphatic heterocycles. The third kappa shape index (κ3) is 3.91. The molecule has 0 spiro atoms. The van der Waals surface area contributed by atoms with E-state index in [4.69, 9.17) is 9.47 Å². The van der Waals surface area contributed by atoms with E-state index in [9.17, 15) is 17.6 Å².